The van der Waals surface area contributed by atoms with Gasteiger partial charge in [0.05, 0.1) is 16.4 Å². The molecule has 0 radical (unpaired) electrons. The van der Waals surface area contributed by atoms with Crippen LogP contribution >= 0.6 is 11.3 Å². The molecule has 1 aliphatic heterocycles. The molecule has 1 saturated heterocycles. The highest BCUT2D eigenvalue weighted by Crippen LogP contribution is 2.31. The van der Waals surface area contributed by atoms with Crippen molar-refractivity contribution in [1.29, 1.82) is 0 Å². The van der Waals surface area contributed by atoms with Crippen LogP contribution in [0.5, 0.6) is 0 Å². The predicted octanol–water partition coefficient (Wildman–Crippen LogP) is 2.98. The number of aromatic nitrogens is 4. The number of halogens is 1. The van der Waals surface area contributed by atoms with Gasteiger partial charge in [0.1, 0.15) is 23.1 Å². The van der Waals surface area contributed by atoms with Crippen molar-refractivity contribution in [3.63, 3.8) is 0 Å². The summed E-state index contributed by atoms with van der Waals surface area (Å²) in [6.45, 7) is 0. The number of benzene rings is 1. The number of thiazole rings is 1. The molecule has 2 aliphatic rings. The zero-order valence-corrected chi connectivity index (χ0v) is 17.2. The van der Waals surface area contributed by atoms with Crippen molar-refractivity contribution in [2.24, 2.45) is 0 Å². The number of fused-ring (bicyclic) bond motifs is 2. The minimum atomic E-state index is -0.573. The monoisotopic (exact) mass is 450 g/mol. The van der Waals surface area contributed by atoms with E-state index in [-0.39, 0.29) is 11.5 Å². The van der Waals surface area contributed by atoms with E-state index in [1.54, 1.807) is 16.8 Å². The number of hydrogen-bond donors (Lipinski definition) is 4. The Morgan fingerprint density at radius 3 is 2.84 bits per heavy atom. The molecule has 12 heteroatoms. The Morgan fingerprint density at radius 1 is 1.19 bits per heavy atom. The lowest BCUT2D eigenvalue weighted by atomic mass is 10.2. The lowest BCUT2D eigenvalue weighted by molar-refractivity contribution is -0.115. The van der Waals surface area contributed by atoms with Crippen molar-refractivity contribution in [2.75, 3.05) is 10.6 Å². The summed E-state index contributed by atoms with van der Waals surface area (Å²) in [6, 6.07) is 6.06. The minimum absolute atomic E-state index is 0.120. The van der Waals surface area contributed by atoms with Crippen LogP contribution in [0.25, 0.3) is 21.9 Å². The molecule has 160 valence electrons. The van der Waals surface area contributed by atoms with Crippen LogP contribution in [0, 0.1) is 5.82 Å². The summed E-state index contributed by atoms with van der Waals surface area (Å²) in [5.41, 5.74) is 1.86. The van der Waals surface area contributed by atoms with Crippen LogP contribution in [-0.4, -0.2) is 37.6 Å². The Kier molecular flexibility index (Phi) is 4.08. The Hall–Kier alpha value is -4.06. The maximum atomic E-state index is 13.5. The second-order valence-corrected chi connectivity index (χ2v) is 8.53. The van der Waals surface area contributed by atoms with Crippen molar-refractivity contribution >= 4 is 62.0 Å². The molecule has 10 nitrogen and oxygen atoms in total. The Bertz CT molecular complexity index is 1450. The number of amides is 3. The zero-order valence-electron chi connectivity index (χ0n) is 16.3. The predicted molar refractivity (Wildman–Crippen MR) is 117 cm³/mol. The van der Waals surface area contributed by atoms with Gasteiger partial charge in [0.15, 0.2) is 10.8 Å². The number of hydrogen-bond acceptors (Lipinski definition) is 8. The second-order valence-electron chi connectivity index (χ2n) is 7.50. The number of nitrogens with zero attached hydrogens (tertiary/aromatic N) is 4. The van der Waals surface area contributed by atoms with Crippen LogP contribution < -0.4 is 21.3 Å². The first-order valence-corrected chi connectivity index (χ1v) is 10.7. The first-order chi connectivity index (χ1) is 15.5. The summed E-state index contributed by atoms with van der Waals surface area (Å²) in [4.78, 5) is 32.5. The summed E-state index contributed by atoms with van der Waals surface area (Å²) in [7, 11) is 0. The van der Waals surface area contributed by atoms with Crippen molar-refractivity contribution in [1.82, 2.24) is 30.2 Å². The van der Waals surface area contributed by atoms with Gasteiger partial charge in [-0.3, -0.25) is 10.1 Å². The molecule has 0 unspecified atom stereocenters. The molecule has 4 aromatic rings. The molecular weight excluding hydrogens is 435 g/mol. The number of rotatable bonds is 5. The highest BCUT2D eigenvalue weighted by Gasteiger charge is 2.25. The molecule has 4 heterocycles. The third kappa shape index (κ3) is 3.39. The van der Waals surface area contributed by atoms with E-state index < -0.39 is 11.9 Å². The second kappa shape index (κ2) is 6.99. The molecule has 4 N–H and O–H groups in total. The SMILES string of the molecule is O=C1NC(=O)/C(=C/c2cnn3c(NC4CC4)cc(Nc4nc5ccc(F)cc5s4)nc23)N1. The van der Waals surface area contributed by atoms with Crippen LogP contribution in [0.4, 0.5) is 26.0 Å². The van der Waals surface area contributed by atoms with E-state index in [9.17, 15) is 14.0 Å². The largest absolute Gasteiger partial charge is 0.367 e. The van der Waals surface area contributed by atoms with Gasteiger partial charge in [-0.05, 0) is 37.1 Å². The summed E-state index contributed by atoms with van der Waals surface area (Å²) < 4.78 is 15.9. The van der Waals surface area contributed by atoms with E-state index in [0.717, 1.165) is 23.4 Å². The number of carbonyl (C=O) groups excluding carboxylic acids is 2. The van der Waals surface area contributed by atoms with E-state index in [1.165, 1.54) is 29.5 Å². The highest BCUT2D eigenvalue weighted by atomic mass is 32.1. The van der Waals surface area contributed by atoms with Crippen molar-refractivity contribution in [2.45, 2.75) is 18.9 Å². The van der Waals surface area contributed by atoms with Crippen LogP contribution in [0.1, 0.15) is 18.4 Å². The number of carbonyl (C=O) groups is 2. The first kappa shape index (κ1) is 18.7. The Balaban J connectivity index is 1.42. The fourth-order valence-corrected chi connectivity index (χ4v) is 4.28. The fraction of sp³-hybridized carbons (Fsp3) is 0.150. The molecule has 6 rings (SSSR count). The van der Waals surface area contributed by atoms with Crippen LogP contribution in [0.3, 0.4) is 0 Å². The fourth-order valence-electron chi connectivity index (χ4n) is 3.38. The molecule has 0 atom stereocenters. The zero-order chi connectivity index (χ0) is 21.8. The standard InChI is InChI=1S/C20H15FN8O2S/c21-10-1-4-12-14(6-10)32-20(25-12)27-15-7-16(23-11-2-3-11)29-17(26-15)9(8-22-29)5-13-18(30)28-19(31)24-13/h1,4-8,11,23H,2-3H2,(H,25,26,27)(H2,24,28,30,31)/b13-5-. The summed E-state index contributed by atoms with van der Waals surface area (Å²) >= 11 is 1.32. The number of urea groups is 1. The van der Waals surface area contributed by atoms with Gasteiger partial charge in [0.2, 0.25) is 0 Å². The van der Waals surface area contributed by atoms with Crippen molar-refractivity contribution in [3.8, 4) is 0 Å². The van der Waals surface area contributed by atoms with Crippen LogP contribution in [0.2, 0.25) is 0 Å². The Morgan fingerprint density at radius 2 is 2.06 bits per heavy atom. The van der Waals surface area contributed by atoms with Gasteiger partial charge in [0.25, 0.3) is 5.91 Å². The molecule has 1 aliphatic carbocycles. The third-order valence-electron chi connectivity index (χ3n) is 5.03. The molecular formula is C20H15FN8O2S. The highest BCUT2D eigenvalue weighted by molar-refractivity contribution is 7.22. The maximum absolute atomic E-state index is 13.5. The molecule has 2 fully saturated rings. The van der Waals surface area contributed by atoms with Gasteiger partial charge < -0.3 is 16.0 Å². The van der Waals surface area contributed by atoms with E-state index in [4.69, 9.17) is 0 Å². The topological polar surface area (TPSA) is 125 Å². The number of anilines is 3. The molecule has 0 bridgehead atoms. The van der Waals surface area contributed by atoms with E-state index in [2.05, 4.69) is 36.3 Å². The number of nitrogens with one attached hydrogen (secondary N) is 4. The van der Waals surface area contributed by atoms with Crippen LogP contribution in [0.15, 0.2) is 36.2 Å². The van der Waals surface area contributed by atoms with Crippen LogP contribution in [-0.2, 0) is 4.79 Å². The maximum Gasteiger partial charge on any atom is 0.326 e. The third-order valence-corrected chi connectivity index (χ3v) is 5.97. The van der Waals surface area contributed by atoms with Gasteiger partial charge in [-0.25, -0.2) is 19.2 Å². The van der Waals surface area contributed by atoms with Gasteiger partial charge >= 0.3 is 6.03 Å². The smallest absolute Gasteiger partial charge is 0.326 e. The van der Waals surface area contributed by atoms with E-state index >= 15 is 0 Å². The summed E-state index contributed by atoms with van der Waals surface area (Å²) in [5, 5.41) is 16.2. The van der Waals surface area contributed by atoms with Gasteiger partial charge in [-0.15, -0.1) is 0 Å². The van der Waals surface area contributed by atoms with Crippen molar-refractivity contribution in [3.05, 3.63) is 47.5 Å². The quantitative estimate of drug-likeness (QED) is 0.272. The van der Waals surface area contributed by atoms with Gasteiger partial charge in [0, 0.05) is 17.7 Å². The van der Waals surface area contributed by atoms with E-state index in [1.807, 2.05) is 6.07 Å². The molecule has 1 saturated carbocycles. The van der Waals surface area contributed by atoms with Gasteiger partial charge in [-0.2, -0.15) is 9.61 Å². The Labute approximate surface area is 183 Å². The lowest BCUT2D eigenvalue weighted by Gasteiger charge is -2.10. The molecule has 32 heavy (non-hydrogen) atoms. The lowest BCUT2D eigenvalue weighted by Crippen LogP contribution is -2.22. The van der Waals surface area contributed by atoms with Gasteiger partial charge in [-0.1, -0.05) is 11.3 Å². The summed E-state index contributed by atoms with van der Waals surface area (Å²) in [5.74, 6) is 0.418. The molecule has 1 aromatic carbocycles. The normalized spacial score (nSPS) is 17.2. The van der Waals surface area contributed by atoms with Crippen molar-refractivity contribution < 1.29 is 14.0 Å². The minimum Gasteiger partial charge on any atom is -0.367 e. The summed E-state index contributed by atoms with van der Waals surface area (Å²) in [6.07, 6.45) is 5.25. The first-order valence-electron chi connectivity index (χ1n) is 9.84. The molecule has 3 amide bonds. The average Bonchev–Trinajstić information content (AvgIpc) is 3.19. The molecule has 0 spiro atoms. The average molecular weight is 450 g/mol. The molecule has 3 aromatic heterocycles. The van der Waals surface area contributed by atoms with E-state index in [0.29, 0.717) is 33.7 Å². The number of imide groups is 1.